The van der Waals surface area contributed by atoms with Crippen molar-refractivity contribution in [3.05, 3.63) is 12.2 Å². The predicted octanol–water partition coefficient (Wildman–Crippen LogP) is 1.53. The van der Waals surface area contributed by atoms with Gasteiger partial charge in [0.2, 0.25) is 0 Å². The summed E-state index contributed by atoms with van der Waals surface area (Å²) in [7, 11) is 2.00. The Bertz CT molecular complexity index is 313. The van der Waals surface area contributed by atoms with Crippen molar-refractivity contribution < 1.29 is 0 Å². The molecule has 4 heteroatoms. The smallest absolute Gasteiger partial charge is 0.133 e. The fourth-order valence-electron chi connectivity index (χ4n) is 2.39. The molecule has 4 nitrogen and oxygen atoms in total. The van der Waals surface area contributed by atoms with Crippen molar-refractivity contribution in [3.63, 3.8) is 0 Å². The van der Waals surface area contributed by atoms with E-state index in [9.17, 15) is 0 Å². The van der Waals surface area contributed by atoms with Crippen LogP contribution in [-0.2, 0) is 13.5 Å². The largest absolute Gasteiger partial charge is 0.321 e. The minimum atomic E-state index is 0.726. The number of rotatable bonds is 4. The highest BCUT2D eigenvalue weighted by Gasteiger charge is 2.17. The second kappa shape index (κ2) is 5.43. The van der Waals surface area contributed by atoms with Gasteiger partial charge in [0.15, 0.2) is 0 Å². The number of hydrogen-bond donors (Lipinski definition) is 1. The molecule has 90 valence electrons. The molecule has 1 saturated carbocycles. The second-order valence-corrected chi connectivity index (χ2v) is 5.02. The summed E-state index contributed by atoms with van der Waals surface area (Å²) in [6, 6.07) is 0.726. The van der Waals surface area contributed by atoms with E-state index in [4.69, 9.17) is 0 Å². The molecule has 0 amide bonds. The van der Waals surface area contributed by atoms with Gasteiger partial charge in [-0.3, -0.25) is 0 Å². The number of aromatic nitrogens is 3. The summed E-state index contributed by atoms with van der Waals surface area (Å²) in [5.41, 5.74) is 0. The fourth-order valence-corrected chi connectivity index (χ4v) is 2.39. The van der Waals surface area contributed by atoms with Gasteiger partial charge < -0.3 is 9.88 Å². The van der Waals surface area contributed by atoms with Gasteiger partial charge in [0, 0.05) is 26.1 Å². The normalized spacial score (nSPS) is 25.9. The topological polar surface area (TPSA) is 42.7 Å². The lowest BCUT2D eigenvalue weighted by molar-refractivity contribution is 0.308. The van der Waals surface area contributed by atoms with Gasteiger partial charge in [-0.25, -0.2) is 0 Å². The third-order valence-corrected chi connectivity index (χ3v) is 3.60. The molecule has 1 aliphatic rings. The van der Waals surface area contributed by atoms with Gasteiger partial charge >= 0.3 is 0 Å². The highest BCUT2D eigenvalue weighted by molar-refractivity contribution is 4.86. The maximum Gasteiger partial charge on any atom is 0.133 e. The summed E-state index contributed by atoms with van der Waals surface area (Å²) in [6.45, 7) is 3.38. The van der Waals surface area contributed by atoms with Crippen molar-refractivity contribution in [3.8, 4) is 0 Å². The maximum atomic E-state index is 4.08. The Morgan fingerprint density at radius 2 is 2.12 bits per heavy atom. The number of hydrogen-bond acceptors (Lipinski definition) is 3. The summed E-state index contributed by atoms with van der Waals surface area (Å²) in [5, 5.41) is 11.6. The van der Waals surface area contributed by atoms with Crippen molar-refractivity contribution in [2.24, 2.45) is 13.0 Å². The van der Waals surface area contributed by atoms with Crippen LogP contribution in [0.3, 0.4) is 0 Å². The Balaban J connectivity index is 1.67. The molecule has 0 radical (unpaired) electrons. The van der Waals surface area contributed by atoms with Crippen LogP contribution in [0, 0.1) is 5.92 Å². The van der Waals surface area contributed by atoms with E-state index < -0.39 is 0 Å². The minimum Gasteiger partial charge on any atom is -0.321 e. The Kier molecular flexibility index (Phi) is 3.93. The molecule has 0 aliphatic heterocycles. The molecule has 1 aliphatic carbocycles. The second-order valence-electron chi connectivity index (χ2n) is 5.02. The average molecular weight is 222 g/mol. The molecule has 1 N–H and O–H groups in total. The van der Waals surface area contributed by atoms with Crippen molar-refractivity contribution in [2.45, 2.75) is 45.1 Å². The first-order valence-electron chi connectivity index (χ1n) is 6.32. The van der Waals surface area contributed by atoms with Crippen LogP contribution >= 0.6 is 0 Å². The SMILES string of the molecule is CC1CCC(NCCc2nncn2C)CC1. The van der Waals surface area contributed by atoms with Gasteiger partial charge in [-0.2, -0.15) is 0 Å². The standard InChI is InChI=1S/C12H22N4/c1-10-3-5-11(6-4-10)13-8-7-12-15-14-9-16(12)2/h9-11,13H,3-8H2,1-2H3. The van der Waals surface area contributed by atoms with Gasteiger partial charge in [-0.15, -0.1) is 10.2 Å². The van der Waals surface area contributed by atoms with E-state index in [1.165, 1.54) is 25.7 Å². The molecule has 0 bridgehead atoms. The summed E-state index contributed by atoms with van der Waals surface area (Å²) < 4.78 is 1.99. The van der Waals surface area contributed by atoms with E-state index in [-0.39, 0.29) is 0 Å². The molecule has 0 spiro atoms. The van der Waals surface area contributed by atoms with E-state index in [0.717, 1.165) is 30.7 Å². The van der Waals surface area contributed by atoms with Gasteiger partial charge in [0.25, 0.3) is 0 Å². The number of aryl methyl sites for hydroxylation is 1. The lowest BCUT2D eigenvalue weighted by atomic mass is 9.87. The van der Waals surface area contributed by atoms with Crippen LogP contribution in [0.5, 0.6) is 0 Å². The molecule has 1 aromatic rings. The monoisotopic (exact) mass is 222 g/mol. The zero-order valence-corrected chi connectivity index (χ0v) is 10.3. The number of nitrogens with one attached hydrogen (secondary N) is 1. The van der Waals surface area contributed by atoms with Gasteiger partial charge in [-0.05, 0) is 31.6 Å². The molecule has 0 unspecified atom stereocenters. The van der Waals surface area contributed by atoms with Gasteiger partial charge in [-0.1, -0.05) is 6.92 Å². The van der Waals surface area contributed by atoms with E-state index in [1.807, 2.05) is 11.6 Å². The third-order valence-electron chi connectivity index (χ3n) is 3.60. The van der Waals surface area contributed by atoms with Gasteiger partial charge in [0.1, 0.15) is 12.2 Å². The lowest BCUT2D eigenvalue weighted by Crippen LogP contribution is -2.34. The van der Waals surface area contributed by atoms with Crippen LogP contribution in [0.15, 0.2) is 6.33 Å². The molecular weight excluding hydrogens is 200 g/mol. The molecular formula is C12H22N4. The van der Waals surface area contributed by atoms with Crippen LogP contribution in [0.1, 0.15) is 38.4 Å². The van der Waals surface area contributed by atoms with Crippen molar-refractivity contribution in [1.82, 2.24) is 20.1 Å². The Morgan fingerprint density at radius 1 is 1.38 bits per heavy atom. The summed E-state index contributed by atoms with van der Waals surface area (Å²) in [6.07, 6.45) is 8.16. The van der Waals surface area contributed by atoms with Crippen LogP contribution in [-0.4, -0.2) is 27.4 Å². The maximum absolute atomic E-state index is 4.08. The molecule has 0 atom stereocenters. The zero-order valence-electron chi connectivity index (χ0n) is 10.3. The fraction of sp³-hybridized carbons (Fsp3) is 0.833. The Labute approximate surface area is 97.5 Å². The molecule has 2 rings (SSSR count). The van der Waals surface area contributed by atoms with Gasteiger partial charge in [0.05, 0.1) is 0 Å². The average Bonchev–Trinajstić information content (AvgIpc) is 2.68. The molecule has 1 aromatic heterocycles. The molecule has 1 fully saturated rings. The zero-order chi connectivity index (χ0) is 11.4. The highest BCUT2D eigenvalue weighted by atomic mass is 15.2. The first-order chi connectivity index (χ1) is 7.75. The van der Waals surface area contributed by atoms with E-state index in [2.05, 4.69) is 22.4 Å². The Morgan fingerprint density at radius 3 is 2.75 bits per heavy atom. The van der Waals surface area contributed by atoms with Crippen molar-refractivity contribution in [1.29, 1.82) is 0 Å². The summed E-state index contributed by atoms with van der Waals surface area (Å²) in [4.78, 5) is 0. The molecule has 16 heavy (non-hydrogen) atoms. The molecule has 0 aromatic carbocycles. The lowest BCUT2D eigenvalue weighted by Gasteiger charge is -2.26. The van der Waals surface area contributed by atoms with E-state index in [0.29, 0.717) is 0 Å². The minimum absolute atomic E-state index is 0.726. The van der Waals surface area contributed by atoms with Crippen LogP contribution in [0.25, 0.3) is 0 Å². The van der Waals surface area contributed by atoms with Crippen LogP contribution in [0.2, 0.25) is 0 Å². The predicted molar refractivity (Wildman–Crippen MR) is 64.1 cm³/mol. The van der Waals surface area contributed by atoms with Crippen molar-refractivity contribution >= 4 is 0 Å². The van der Waals surface area contributed by atoms with E-state index in [1.54, 1.807) is 6.33 Å². The first-order valence-corrected chi connectivity index (χ1v) is 6.32. The van der Waals surface area contributed by atoms with Crippen LogP contribution < -0.4 is 5.32 Å². The van der Waals surface area contributed by atoms with Crippen molar-refractivity contribution in [2.75, 3.05) is 6.54 Å². The first kappa shape index (κ1) is 11.6. The molecule has 0 saturated heterocycles. The third kappa shape index (κ3) is 3.04. The summed E-state index contributed by atoms with van der Waals surface area (Å²) >= 11 is 0. The highest BCUT2D eigenvalue weighted by Crippen LogP contribution is 2.23. The van der Waals surface area contributed by atoms with E-state index >= 15 is 0 Å². The van der Waals surface area contributed by atoms with Crippen LogP contribution in [0.4, 0.5) is 0 Å². The number of nitrogens with zero attached hydrogens (tertiary/aromatic N) is 3. The molecule has 1 heterocycles. The Hall–Kier alpha value is -0.900. The summed E-state index contributed by atoms with van der Waals surface area (Å²) in [5.74, 6) is 1.99. The quantitative estimate of drug-likeness (QED) is 0.840.